The summed E-state index contributed by atoms with van der Waals surface area (Å²) < 4.78 is 6.92. The highest BCUT2D eigenvalue weighted by Gasteiger charge is 2.02. The van der Waals surface area contributed by atoms with Crippen molar-refractivity contribution in [2.24, 2.45) is 0 Å². The smallest absolute Gasteiger partial charge is 0.120 e. The van der Waals surface area contributed by atoms with Gasteiger partial charge in [-0.1, -0.05) is 63.0 Å². The minimum absolute atomic E-state index is 0.605. The largest absolute Gasteiger partial charge is 0.489 e. The van der Waals surface area contributed by atoms with E-state index in [-0.39, 0.29) is 0 Å². The van der Waals surface area contributed by atoms with Gasteiger partial charge >= 0.3 is 0 Å². The van der Waals surface area contributed by atoms with E-state index in [9.17, 15) is 0 Å². The Morgan fingerprint density at radius 3 is 2.32 bits per heavy atom. The Kier molecular flexibility index (Phi) is 5.46. The van der Waals surface area contributed by atoms with E-state index in [1.54, 1.807) is 0 Å². The van der Waals surface area contributed by atoms with E-state index >= 15 is 0 Å². The molecule has 0 heterocycles. The molecule has 0 bridgehead atoms. The minimum atomic E-state index is 0.605. The average Bonchev–Trinajstić information content (AvgIpc) is 2.47. The van der Waals surface area contributed by atoms with Crippen LogP contribution < -0.4 is 4.74 Å². The molecule has 1 nitrogen and oxygen atoms in total. The fourth-order valence-corrected chi connectivity index (χ4v) is 3.01. The van der Waals surface area contributed by atoms with Gasteiger partial charge in [-0.15, -0.1) is 0 Å². The number of benzene rings is 2. The van der Waals surface area contributed by atoms with Crippen LogP contribution in [0.4, 0.5) is 0 Å². The summed E-state index contributed by atoms with van der Waals surface area (Å²) in [6, 6.07) is 14.6. The fourth-order valence-electron chi connectivity index (χ4n) is 1.78. The molecule has 0 aliphatic rings. The van der Waals surface area contributed by atoms with Crippen LogP contribution in [0.3, 0.4) is 0 Å². The van der Waals surface area contributed by atoms with Crippen LogP contribution in [-0.4, -0.2) is 0 Å². The normalized spacial score (nSPS) is 10.5. The molecule has 19 heavy (non-hydrogen) atoms. The van der Waals surface area contributed by atoms with Crippen molar-refractivity contribution in [3.05, 3.63) is 63.6 Å². The lowest BCUT2D eigenvalue weighted by molar-refractivity contribution is 0.306. The van der Waals surface area contributed by atoms with Gasteiger partial charge in [-0.05, 0) is 41.3 Å². The predicted molar refractivity (Wildman–Crippen MR) is 86.9 cm³/mol. The lowest BCUT2D eigenvalue weighted by Gasteiger charge is -2.09. The molecule has 0 aliphatic carbocycles. The maximum Gasteiger partial charge on any atom is 0.120 e. The Morgan fingerprint density at radius 2 is 1.68 bits per heavy atom. The predicted octanol–water partition coefficient (Wildman–Crippen LogP) is 5.49. The second kappa shape index (κ2) is 7.11. The van der Waals surface area contributed by atoms with Crippen molar-refractivity contribution in [2.45, 2.75) is 25.3 Å². The van der Waals surface area contributed by atoms with Crippen molar-refractivity contribution >= 4 is 31.9 Å². The lowest BCUT2D eigenvalue weighted by atomic mass is 10.1. The molecule has 2 aromatic rings. The standard InChI is InChI=1S/C16H16Br2O/c1-2-12-3-5-13(6-4-12)11-19-15-7-8-16(18)14(9-15)10-17/h3-9H,2,10-11H2,1H3. The third-order valence-electron chi connectivity index (χ3n) is 3.00. The van der Waals surface area contributed by atoms with Crippen molar-refractivity contribution in [2.75, 3.05) is 0 Å². The molecule has 0 saturated carbocycles. The molecule has 2 rings (SSSR count). The van der Waals surface area contributed by atoms with E-state index in [1.165, 1.54) is 16.7 Å². The molecule has 0 atom stereocenters. The van der Waals surface area contributed by atoms with E-state index in [0.29, 0.717) is 6.61 Å². The van der Waals surface area contributed by atoms with Gasteiger partial charge in [-0.3, -0.25) is 0 Å². The van der Waals surface area contributed by atoms with E-state index < -0.39 is 0 Å². The highest BCUT2D eigenvalue weighted by atomic mass is 79.9. The van der Waals surface area contributed by atoms with Gasteiger partial charge in [0.25, 0.3) is 0 Å². The van der Waals surface area contributed by atoms with Crippen LogP contribution in [0.15, 0.2) is 46.9 Å². The van der Waals surface area contributed by atoms with Crippen molar-refractivity contribution in [1.29, 1.82) is 0 Å². The van der Waals surface area contributed by atoms with Gasteiger partial charge in [0.05, 0.1) is 0 Å². The zero-order valence-corrected chi connectivity index (χ0v) is 14.0. The fraction of sp³-hybridized carbons (Fsp3) is 0.250. The van der Waals surface area contributed by atoms with Gasteiger partial charge in [0, 0.05) is 9.80 Å². The molecule has 2 aromatic carbocycles. The maximum atomic E-state index is 5.82. The summed E-state index contributed by atoms with van der Waals surface area (Å²) in [6.45, 7) is 2.77. The van der Waals surface area contributed by atoms with E-state index in [1.807, 2.05) is 12.1 Å². The zero-order valence-electron chi connectivity index (χ0n) is 10.8. The van der Waals surface area contributed by atoms with Crippen molar-refractivity contribution in [3.63, 3.8) is 0 Å². The molecule has 0 aliphatic heterocycles. The summed E-state index contributed by atoms with van der Waals surface area (Å²) in [4.78, 5) is 0. The Morgan fingerprint density at radius 1 is 1.00 bits per heavy atom. The van der Waals surface area contributed by atoms with Crippen LogP contribution in [0.1, 0.15) is 23.6 Å². The summed E-state index contributed by atoms with van der Waals surface area (Å²) >= 11 is 6.99. The molecule has 0 unspecified atom stereocenters. The molecule has 0 fully saturated rings. The third kappa shape index (κ3) is 4.08. The number of hydrogen-bond donors (Lipinski definition) is 0. The van der Waals surface area contributed by atoms with Crippen molar-refractivity contribution < 1.29 is 4.74 Å². The molecule has 0 spiro atoms. The second-order valence-electron chi connectivity index (χ2n) is 4.35. The van der Waals surface area contributed by atoms with E-state index in [0.717, 1.165) is 22.0 Å². The molecule has 0 saturated heterocycles. The number of rotatable bonds is 5. The Bertz CT molecular complexity index is 535. The molecule has 0 amide bonds. The van der Waals surface area contributed by atoms with Crippen LogP contribution in [0, 0.1) is 0 Å². The van der Waals surface area contributed by atoms with Gasteiger partial charge in [-0.25, -0.2) is 0 Å². The summed E-state index contributed by atoms with van der Waals surface area (Å²) in [5.41, 5.74) is 3.74. The van der Waals surface area contributed by atoms with Crippen molar-refractivity contribution in [3.8, 4) is 5.75 Å². The minimum Gasteiger partial charge on any atom is -0.489 e. The van der Waals surface area contributed by atoms with Gasteiger partial charge in [0.15, 0.2) is 0 Å². The SMILES string of the molecule is CCc1ccc(COc2ccc(Br)c(CBr)c2)cc1. The van der Waals surface area contributed by atoms with Gasteiger partial charge < -0.3 is 4.74 Å². The van der Waals surface area contributed by atoms with Crippen molar-refractivity contribution in [1.82, 2.24) is 0 Å². The highest BCUT2D eigenvalue weighted by Crippen LogP contribution is 2.25. The Hall–Kier alpha value is -0.800. The maximum absolute atomic E-state index is 5.82. The van der Waals surface area contributed by atoms with E-state index in [4.69, 9.17) is 4.74 Å². The summed E-state index contributed by atoms with van der Waals surface area (Å²) in [7, 11) is 0. The number of ether oxygens (including phenoxy) is 1. The van der Waals surface area contributed by atoms with Crippen LogP contribution in [0.25, 0.3) is 0 Å². The number of alkyl halides is 1. The molecule has 3 heteroatoms. The van der Waals surface area contributed by atoms with Crippen LogP contribution in [0.2, 0.25) is 0 Å². The molecule has 100 valence electrons. The number of halogens is 2. The van der Waals surface area contributed by atoms with Gasteiger partial charge in [-0.2, -0.15) is 0 Å². The van der Waals surface area contributed by atoms with Crippen LogP contribution in [0.5, 0.6) is 5.75 Å². The first-order chi connectivity index (χ1) is 9.22. The highest BCUT2D eigenvalue weighted by molar-refractivity contribution is 9.10. The topological polar surface area (TPSA) is 9.23 Å². The number of aryl methyl sites for hydroxylation is 1. The summed E-state index contributed by atoms with van der Waals surface area (Å²) in [5, 5.41) is 0.815. The number of hydrogen-bond acceptors (Lipinski definition) is 1. The zero-order chi connectivity index (χ0) is 13.7. The quantitative estimate of drug-likeness (QED) is 0.620. The monoisotopic (exact) mass is 382 g/mol. The van der Waals surface area contributed by atoms with Crippen LogP contribution in [-0.2, 0) is 18.4 Å². The average molecular weight is 384 g/mol. The molecule has 0 N–H and O–H groups in total. The molecular formula is C16H16Br2O. The van der Waals surface area contributed by atoms with Gasteiger partial charge in [0.1, 0.15) is 12.4 Å². The first kappa shape index (κ1) is 14.6. The van der Waals surface area contributed by atoms with Gasteiger partial charge in [0.2, 0.25) is 0 Å². The molecular weight excluding hydrogens is 368 g/mol. The summed E-state index contributed by atoms with van der Waals surface area (Å²) in [5.74, 6) is 0.900. The second-order valence-corrected chi connectivity index (χ2v) is 5.76. The lowest BCUT2D eigenvalue weighted by Crippen LogP contribution is -1.96. The first-order valence-electron chi connectivity index (χ1n) is 6.28. The summed E-state index contributed by atoms with van der Waals surface area (Å²) in [6.07, 6.45) is 1.07. The first-order valence-corrected chi connectivity index (χ1v) is 8.19. The Labute approximate surface area is 131 Å². The molecule has 0 radical (unpaired) electrons. The third-order valence-corrected chi connectivity index (χ3v) is 4.38. The Balaban J connectivity index is 2.01. The van der Waals surface area contributed by atoms with Crippen LogP contribution >= 0.6 is 31.9 Å². The van der Waals surface area contributed by atoms with E-state index in [2.05, 4.69) is 69.1 Å². The molecule has 0 aromatic heterocycles.